The molecule has 0 N–H and O–H groups in total. The van der Waals surface area contributed by atoms with Crippen LogP contribution in [0.3, 0.4) is 0 Å². The summed E-state index contributed by atoms with van der Waals surface area (Å²) in [6, 6.07) is 8.12. The predicted octanol–water partition coefficient (Wildman–Crippen LogP) is 1.17. The highest BCUT2D eigenvalue weighted by Gasteiger charge is 2.12. The molecule has 0 unspecified atom stereocenters. The molecule has 16 heavy (non-hydrogen) atoms. The van der Waals surface area contributed by atoms with Crippen LogP contribution >= 0.6 is 0 Å². The molecule has 82 valence electrons. The van der Waals surface area contributed by atoms with Crippen molar-refractivity contribution in [3.8, 4) is 0 Å². The van der Waals surface area contributed by atoms with Gasteiger partial charge < -0.3 is 4.74 Å². The minimum Gasteiger partial charge on any atom is -0.466 e. The molecule has 0 spiro atoms. The van der Waals surface area contributed by atoms with Crippen LogP contribution in [0.5, 0.6) is 0 Å². The summed E-state index contributed by atoms with van der Waals surface area (Å²) < 4.78 is 4.30. The highest BCUT2D eigenvalue weighted by molar-refractivity contribution is 6.47. The van der Waals surface area contributed by atoms with E-state index in [1.54, 1.807) is 18.2 Å². The van der Waals surface area contributed by atoms with E-state index in [0.29, 0.717) is 5.56 Å². The summed E-state index contributed by atoms with van der Waals surface area (Å²) in [6.07, 6.45) is 1.82. The third-order valence-electron chi connectivity index (χ3n) is 1.83. The van der Waals surface area contributed by atoms with Gasteiger partial charge in [-0.05, 0) is 6.08 Å². The summed E-state index contributed by atoms with van der Waals surface area (Å²) in [7, 11) is 1.19. The molecule has 0 atom stereocenters. The number of Topliss-reactive ketones (excluding diaryl/α,β-unsaturated/α-hetero) is 1. The molecule has 0 heterocycles. The second-order valence-corrected chi connectivity index (χ2v) is 2.92. The normalized spacial score (nSPS) is 10.1. The highest BCUT2D eigenvalue weighted by Crippen LogP contribution is 2.01. The standard InChI is InChI=1S/C12H10O4/c1-16-11(14)8-7-10(13)12(15)9-5-3-2-4-6-9/h2-8H,1H3/b8-7+. The van der Waals surface area contributed by atoms with Crippen LogP contribution in [-0.2, 0) is 14.3 Å². The number of carbonyl (C=O) groups is 3. The van der Waals surface area contributed by atoms with Crippen LogP contribution in [0.2, 0.25) is 0 Å². The molecule has 0 saturated carbocycles. The van der Waals surface area contributed by atoms with E-state index in [4.69, 9.17) is 0 Å². The Balaban J connectivity index is 2.73. The van der Waals surface area contributed by atoms with Crippen LogP contribution in [0.4, 0.5) is 0 Å². The molecule has 0 aromatic heterocycles. The number of ketones is 2. The molecular formula is C12H10O4. The Bertz CT molecular complexity index is 432. The third kappa shape index (κ3) is 3.16. The Labute approximate surface area is 92.5 Å². The Morgan fingerprint density at radius 2 is 1.69 bits per heavy atom. The van der Waals surface area contributed by atoms with E-state index in [1.807, 2.05) is 0 Å². The molecule has 0 aliphatic carbocycles. The van der Waals surface area contributed by atoms with Crippen molar-refractivity contribution in [1.29, 1.82) is 0 Å². The second kappa shape index (κ2) is 5.60. The average Bonchev–Trinajstić information content (AvgIpc) is 2.35. The zero-order valence-corrected chi connectivity index (χ0v) is 8.67. The molecular weight excluding hydrogens is 208 g/mol. The van der Waals surface area contributed by atoms with E-state index < -0.39 is 17.5 Å². The molecule has 4 nitrogen and oxygen atoms in total. The number of benzene rings is 1. The van der Waals surface area contributed by atoms with Gasteiger partial charge in [-0.15, -0.1) is 0 Å². The van der Waals surface area contributed by atoms with Crippen LogP contribution in [0.15, 0.2) is 42.5 Å². The fraction of sp³-hybridized carbons (Fsp3) is 0.0833. The molecule has 0 radical (unpaired) electrons. The van der Waals surface area contributed by atoms with Gasteiger partial charge in [0.25, 0.3) is 0 Å². The van der Waals surface area contributed by atoms with Crippen molar-refractivity contribution in [2.45, 2.75) is 0 Å². The van der Waals surface area contributed by atoms with Crippen LogP contribution in [0, 0.1) is 0 Å². The number of methoxy groups -OCH3 is 1. The van der Waals surface area contributed by atoms with Crippen LogP contribution in [-0.4, -0.2) is 24.6 Å². The molecule has 1 rings (SSSR count). The van der Waals surface area contributed by atoms with Crippen molar-refractivity contribution >= 4 is 17.5 Å². The van der Waals surface area contributed by atoms with Gasteiger partial charge in [0.1, 0.15) is 0 Å². The van der Waals surface area contributed by atoms with Gasteiger partial charge in [0.05, 0.1) is 7.11 Å². The molecule has 0 aliphatic heterocycles. The first-order valence-corrected chi connectivity index (χ1v) is 4.55. The molecule has 1 aromatic carbocycles. The number of rotatable bonds is 4. The molecule has 0 aliphatic rings. The zero-order valence-electron chi connectivity index (χ0n) is 8.67. The maximum atomic E-state index is 11.5. The van der Waals surface area contributed by atoms with Gasteiger partial charge >= 0.3 is 5.97 Å². The maximum Gasteiger partial charge on any atom is 0.330 e. The van der Waals surface area contributed by atoms with Gasteiger partial charge in [-0.1, -0.05) is 30.3 Å². The van der Waals surface area contributed by atoms with E-state index in [1.165, 1.54) is 19.2 Å². The summed E-state index contributed by atoms with van der Waals surface area (Å²) >= 11 is 0. The van der Waals surface area contributed by atoms with E-state index in [9.17, 15) is 14.4 Å². The lowest BCUT2D eigenvalue weighted by Crippen LogP contribution is -2.11. The summed E-state index contributed by atoms with van der Waals surface area (Å²) in [5, 5.41) is 0. The van der Waals surface area contributed by atoms with E-state index in [-0.39, 0.29) is 0 Å². The SMILES string of the molecule is COC(=O)/C=C/C(=O)C(=O)c1ccccc1. The fourth-order valence-corrected chi connectivity index (χ4v) is 1.02. The van der Waals surface area contributed by atoms with Gasteiger partial charge in [-0.25, -0.2) is 4.79 Å². The molecule has 1 aromatic rings. The lowest BCUT2D eigenvalue weighted by atomic mass is 10.1. The minimum absolute atomic E-state index is 0.294. The van der Waals surface area contributed by atoms with Gasteiger partial charge in [-0.2, -0.15) is 0 Å². The van der Waals surface area contributed by atoms with Crippen molar-refractivity contribution in [3.63, 3.8) is 0 Å². The van der Waals surface area contributed by atoms with E-state index in [2.05, 4.69) is 4.74 Å². The Kier molecular flexibility index (Phi) is 4.15. The van der Waals surface area contributed by atoms with Crippen molar-refractivity contribution in [1.82, 2.24) is 0 Å². The highest BCUT2D eigenvalue weighted by atomic mass is 16.5. The Morgan fingerprint density at radius 3 is 2.25 bits per heavy atom. The summed E-state index contributed by atoms with van der Waals surface area (Å²) in [5.74, 6) is -2.08. The number of hydrogen-bond acceptors (Lipinski definition) is 4. The van der Waals surface area contributed by atoms with Crippen molar-refractivity contribution in [2.75, 3.05) is 7.11 Å². The fourth-order valence-electron chi connectivity index (χ4n) is 1.02. The summed E-state index contributed by atoms with van der Waals surface area (Å²) in [4.78, 5) is 33.5. The smallest absolute Gasteiger partial charge is 0.330 e. The largest absolute Gasteiger partial charge is 0.466 e. The third-order valence-corrected chi connectivity index (χ3v) is 1.83. The molecule has 0 fully saturated rings. The number of hydrogen-bond donors (Lipinski definition) is 0. The van der Waals surface area contributed by atoms with Crippen LogP contribution in [0.25, 0.3) is 0 Å². The summed E-state index contributed by atoms with van der Waals surface area (Å²) in [5.41, 5.74) is 0.294. The van der Waals surface area contributed by atoms with Crippen LogP contribution < -0.4 is 0 Å². The second-order valence-electron chi connectivity index (χ2n) is 2.92. The van der Waals surface area contributed by atoms with Gasteiger partial charge in [0.2, 0.25) is 11.6 Å². The van der Waals surface area contributed by atoms with E-state index >= 15 is 0 Å². The lowest BCUT2D eigenvalue weighted by molar-refractivity contribution is -0.135. The maximum absolute atomic E-state index is 11.5. The van der Waals surface area contributed by atoms with Gasteiger partial charge in [0.15, 0.2) is 0 Å². The summed E-state index contributed by atoms with van der Waals surface area (Å²) in [6.45, 7) is 0. The Morgan fingerprint density at radius 1 is 1.06 bits per heavy atom. The van der Waals surface area contributed by atoms with Gasteiger partial charge in [-0.3, -0.25) is 9.59 Å². The first-order chi connectivity index (χ1) is 7.65. The first-order valence-electron chi connectivity index (χ1n) is 4.55. The average molecular weight is 218 g/mol. The molecule has 0 bridgehead atoms. The Hall–Kier alpha value is -2.23. The number of carbonyl (C=O) groups excluding carboxylic acids is 3. The van der Waals surface area contributed by atoms with Crippen molar-refractivity contribution in [3.05, 3.63) is 48.0 Å². The van der Waals surface area contributed by atoms with Crippen molar-refractivity contribution in [2.24, 2.45) is 0 Å². The quantitative estimate of drug-likeness (QED) is 0.329. The number of esters is 1. The molecule has 0 amide bonds. The zero-order chi connectivity index (χ0) is 12.0. The number of allylic oxidation sites excluding steroid dienone is 1. The predicted molar refractivity (Wildman–Crippen MR) is 56.9 cm³/mol. The molecule has 0 saturated heterocycles. The lowest BCUT2D eigenvalue weighted by Gasteiger charge is -1.95. The van der Waals surface area contributed by atoms with Crippen molar-refractivity contribution < 1.29 is 19.1 Å². The van der Waals surface area contributed by atoms with E-state index in [0.717, 1.165) is 12.2 Å². The first kappa shape index (κ1) is 11.8. The molecule has 4 heteroatoms. The number of ether oxygens (including phenoxy) is 1. The monoisotopic (exact) mass is 218 g/mol. The minimum atomic E-state index is -0.753. The van der Waals surface area contributed by atoms with Crippen LogP contribution in [0.1, 0.15) is 10.4 Å². The topological polar surface area (TPSA) is 60.4 Å². The van der Waals surface area contributed by atoms with Gasteiger partial charge in [0, 0.05) is 11.6 Å².